The summed E-state index contributed by atoms with van der Waals surface area (Å²) in [6, 6.07) is 6.13. The number of benzene rings is 1. The van der Waals surface area contributed by atoms with Crippen molar-refractivity contribution in [3.8, 4) is 12.3 Å². The average Bonchev–Trinajstić information content (AvgIpc) is 2.54. The zero-order valence-corrected chi connectivity index (χ0v) is 13.6. The number of carbonyl (C=O) groups excluding carboxylic acids is 1. The lowest BCUT2D eigenvalue weighted by atomic mass is 9.85. The first-order valence-corrected chi connectivity index (χ1v) is 9.47. The van der Waals surface area contributed by atoms with E-state index in [4.69, 9.17) is 6.42 Å². The second kappa shape index (κ2) is 7.60. The number of hydrogen-bond donors (Lipinski definition) is 0. The van der Waals surface area contributed by atoms with E-state index < -0.39 is 9.84 Å². The molecule has 118 valence electrons. The molecule has 0 atom stereocenters. The Bertz CT molecular complexity index is 645. The first-order valence-electron chi connectivity index (χ1n) is 7.82. The highest BCUT2D eigenvalue weighted by molar-refractivity contribution is 7.91. The molecule has 1 aliphatic carbocycles. The number of carbonyl (C=O) groups is 1. The van der Waals surface area contributed by atoms with Crippen molar-refractivity contribution < 1.29 is 13.2 Å². The molecular weight excluding hydrogens is 296 g/mol. The van der Waals surface area contributed by atoms with Gasteiger partial charge in [-0.15, -0.1) is 6.42 Å². The van der Waals surface area contributed by atoms with Gasteiger partial charge in [-0.1, -0.05) is 50.2 Å². The Hall–Kier alpha value is -1.60. The summed E-state index contributed by atoms with van der Waals surface area (Å²) in [7, 11) is -3.43. The van der Waals surface area contributed by atoms with E-state index in [1.165, 1.54) is 44.2 Å². The quantitative estimate of drug-likeness (QED) is 0.594. The van der Waals surface area contributed by atoms with Crippen molar-refractivity contribution in [2.75, 3.05) is 5.75 Å². The number of sulfone groups is 1. The molecule has 0 aliphatic heterocycles. The lowest BCUT2D eigenvalue weighted by Gasteiger charge is -2.20. The third kappa shape index (κ3) is 4.45. The topological polar surface area (TPSA) is 51.2 Å². The van der Waals surface area contributed by atoms with Crippen LogP contribution in [0.1, 0.15) is 55.3 Å². The van der Waals surface area contributed by atoms with Crippen LogP contribution in [0.2, 0.25) is 0 Å². The van der Waals surface area contributed by atoms with Crippen LogP contribution in [0.5, 0.6) is 0 Å². The molecule has 0 spiro atoms. The third-order valence-electron chi connectivity index (χ3n) is 4.31. The SMILES string of the molecule is C#CCS(=O)(=O)c1ccc(C(=O)CCC2CCCCC2)cc1. The molecule has 0 N–H and O–H groups in total. The highest BCUT2D eigenvalue weighted by Gasteiger charge is 2.17. The van der Waals surface area contributed by atoms with Crippen LogP contribution in [0.25, 0.3) is 0 Å². The predicted octanol–water partition coefficient (Wildman–Crippen LogP) is 3.64. The van der Waals surface area contributed by atoms with Crippen molar-refractivity contribution >= 4 is 15.6 Å². The van der Waals surface area contributed by atoms with Crippen molar-refractivity contribution in [3.05, 3.63) is 29.8 Å². The lowest BCUT2D eigenvalue weighted by molar-refractivity contribution is 0.0970. The van der Waals surface area contributed by atoms with Crippen LogP contribution in [0.4, 0.5) is 0 Å². The average molecular weight is 318 g/mol. The van der Waals surface area contributed by atoms with Crippen LogP contribution in [0.15, 0.2) is 29.2 Å². The molecule has 22 heavy (non-hydrogen) atoms. The van der Waals surface area contributed by atoms with Gasteiger partial charge in [0.2, 0.25) is 0 Å². The predicted molar refractivity (Wildman–Crippen MR) is 87.5 cm³/mol. The molecular formula is C18H22O3S. The Morgan fingerprint density at radius 2 is 1.77 bits per heavy atom. The maximum absolute atomic E-state index is 12.2. The molecule has 4 heteroatoms. The minimum atomic E-state index is -3.43. The number of Topliss-reactive ketones (excluding diaryl/α,β-unsaturated/α-hetero) is 1. The van der Waals surface area contributed by atoms with Gasteiger partial charge in [0.25, 0.3) is 0 Å². The minimum absolute atomic E-state index is 0.0893. The summed E-state index contributed by atoms with van der Waals surface area (Å²) >= 11 is 0. The smallest absolute Gasteiger partial charge is 0.189 e. The molecule has 0 saturated heterocycles. The fourth-order valence-electron chi connectivity index (χ4n) is 3.00. The van der Waals surface area contributed by atoms with Gasteiger partial charge in [0, 0.05) is 12.0 Å². The van der Waals surface area contributed by atoms with Crippen molar-refractivity contribution in [1.82, 2.24) is 0 Å². The molecule has 0 aromatic heterocycles. The number of rotatable bonds is 6. The van der Waals surface area contributed by atoms with Crippen LogP contribution in [-0.4, -0.2) is 20.0 Å². The Morgan fingerprint density at radius 1 is 1.14 bits per heavy atom. The van der Waals surface area contributed by atoms with Gasteiger partial charge in [0.15, 0.2) is 15.6 Å². The van der Waals surface area contributed by atoms with E-state index >= 15 is 0 Å². The van der Waals surface area contributed by atoms with E-state index in [0.29, 0.717) is 17.9 Å². The summed E-state index contributed by atoms with van der Waals surface area (Å²) in [6.07, 6.45) is 12.9. The van der Waals surface area contributed by atoms with E-state index in [2.05, 4.69) is 5.92 Å². The second-order valence-electron chi connectivity index (χ2n) is 5.95. The van der Waals surface area contributed by atoms with Crippen LogP contribution in [0, 0.1) is 18.3 Å². The van der Waals surface area contributed by atoms with Gasteiger partial charge in [0.05, 0.1) is 4.90 Å². The molecule has 1 aromatic rings. The summed E-state index contributed by atoms with van der Waals surface area (Å²) < 4.78 is 23.6. The first-order chi connectivity index (χ1) is 10.5. The molecule has 3 nitrogen and oxygen atoms in total. The first kappa shape index (κ1) is 16.8. The normalized spacial score (nSPS) is 16.1. The van der Waals surface area contributed by atoms with Crippen LogP contribution in [-0.2, 0) is 9.84 Å². The Morgan fingerprint density at radius 3 is 2.36 bits per heavy atom. The third-order valence-corrected chi connectivity index (χ3v) is 5.85. The number of hydrogen-bond acceptors (Lipinski definition) is 3. The van der Waals surface area contributed by atoms with E-state index in [1.807, 2.05) is 0 Å². The van der Waals surface area contributed by atoms with Gasteiger partial charge in [-0.05, 0) is 24.5 Å². The summed E-state index contributed by atoms with van der Waals surface area (Å²) in [5, 5.41) is 0. The molecule has 0 bridgehead atoms. The van der Waals surface area contributed by atoms with E-state index in [1.54, 1.807) is 12.1 Å². The van der Waals surface area contributed by atoms with E-state index in [0.717, 1.165) is 6.42 Å². The highest BCUT2D eigenvalue weighted by atomic mass is 32.2. The number of ketones is 1. The Kier molecular flexibility index (Phi) is 5.79. The van der Waals surface area contributed by atoms with Gasteiger partial charge in [-0.2, -0.15) is 0 Å². The molecule has 1 aliphatic rings. The maximum Gasteiger partial charge on any atom is 0.189 e. The molecule has 0 radical (unpaired) electrons. The molecule has 0 unspecified atom stereocenters. The molecule has 0 heterocycles. The van der Waals surface area contributed by atoms with Crippen LogP contribution in [0.3, 0.4) is 0 Å². The van der Waals surface area contributed by atoms with Crippen LogP contribution < -0.4 is 0 Å². The standard InChI is InChI=1S/C18H22O3S/c1-2-14-22(20,21)17-11-9-16(10-12-17)18(19)13-8-15-6-4-3-5-7-15/h1,9-12,15H,3-8,13-14H2. The summed E-state index contributed by atoms with van der Waals surface area (Å²) in [4.78, 5) is 12.4. The summed E-state index contributed by atoms with van der Waals surface area (Å²) in [5.41, 5.74) is 0.579. The Labute approximate surface area is 133 Å². The fourth-order valence-corrected chi connectivity index (χ4v) is 3.93. The fraction of sp³-hybridized carbons (Fsp3) is 0.500. The lowest BCUT2D eigenvalue weighted by Crippen LogP contribution is -2.09. The van der Waals surface area contributed by atoms with Crippen molar-refractivity contribution in [1.29, 1.82) is 0 Å². The summed E-state index contributed by atoms with van der Waals surface area (Å²) in [5.74, 6) is 2.59. The maximum atomic E-state index is 12.2. The zero-order chi connectivity index (χ0) is 16.0. The molecule has 0 amide bonds. The van der Waals surface area contributed by atoms with Gasteiger partial charge < -0.3 is 0 Å². The molecule has 1 aromatic carbocycles. The second-order valence-corrected chi connectivity index (χ2v) is 7.94. The largest absolute Gasteiger partial charge is 0.294 e. The molecule has 1 saturated carbocycles. The van der Waals surface area contributed by atoms with E-state index in [9.17, 15) is 13.2 Å². The van der Waals surface area contributed by atoms with Gasteiger partial charge >= 0.3 is 0 Å². The van der Waals surface area contributed by atoms with Crippen LogP contribution >= 0.6 is 0 Å². The monoisotopic (exact) mass is 318 g/mol. The van der Waals surface area contributed by atoms with Crippen molar-refractivity contribution in [3.63, 3.8) is 0 Å². The van der Waals surface area contributed by atoms with Gasteiger partial charge in [-0.25, -0.2) is 8.42 Å². The molecule has 2 rings (SSSR count). The summed E-state index contributed by atoms with van der Waals surface area (Å²) in [6.45, 7) is 0. The van der Waals surface area contributed by atoms with Gasteiger partial charge in [-0.3, -0.25) is 4.79 Å². The minimum Gasteiger partial charge on any atom is -0.294 e. The highest BCUT2D eigenvalue weighted by Crippen LogP contribution is 2.27. The van der Waals surface area contributed by atoms with Gasteiger partial charge in [0.1, 0.15) is 5.75 Å². The Balaban J connectivity index is 1.95. The van der Waals surface area contributed by atoms with Crippen molar-refractivity contribution in [2.24, 2.45) is 5.92 Å². The number of terminal acetylenes is 1. The van der Waals surface area contributed by atoms with Crippen molar-refractivity contribution in [2.45, 2.75) is 49.8 Å². The molecule has 1 fully saturated rings. The zero-order valence-electron chi connectivity index (χ0n) is 12.8. The van der Waals surface area contributed by atoms with E-state index in [-0.39, 0.29) is 16.4 Å².